The molecule has 0 spiro atoms. The highest BCUT2D eigenvalue weighted by Gasteiger charge is 2.62. The molecule has 27 heavy (non-hydrogen) atoms. The van der Waals surface area contributed by atoms with Crippen LogP contribution in [0.2, 0.25) is 0 Å². The van der Waals surface area contributed by atoms with Crippen LogP contribution >= 0.6 is 0 Å². The lowest BCUT2D eigenvalue weighted by Crippen LogP contribution is -2.66. The average Bonchev–Trinajstić information content (AvgIpc) is 2.91. The molecule has 7 atom stereocenters. The van der Waals surface area contributed by atoms with E-state index in [1.165, 1.54) is 12.8 Å². The van der Waals surface area contributed by atoms with Crippen LogP contribution in [0.4, 0.5) is 0 Å². The molecule has 0 aromatic heterocycles. The fraction of sp³-hybridized carbons (Fsp3) is 0.913. The molecule has 3 saturated carbocycles. The predicted molar refractivity (Wildman–Crippen MR) is 107 cm³/mol. The van der Waals surface area contributed by atoms with Crippen LogP contribution in [0.15, 0.2) is 0 Å². The lowest BCUT2D eigenvalue weighted by molar-refractivity contribution is -0.173. The van der Waals surface area contributed by atoms with Gasteiger partial charge in [-0.15, -0.1) is 0 Å². The molecule has 3 aliphatic carbocycles. The molecule has 1 aliphatic heterocycles. The minimum absolute atomic E-state index is 0.0630. The fourth-order valence-electron chi connectivity index (χ4n) is 8.19. The first kappa shape index (κ1) is 19.3. The van der Waals surface area contributed by atoms with Crippen LogP contribution < -0.4 is 5.73 Å². The third-order valence-electron chi connectivity index (χ3n) is 9.34. The minimum atomic E-state index is -0.107. The summed E-state index contributed by atoms with van der Waals surface area (Å²) in [4.78, 5) is 27.1. The molecule has 1 heterocycles. The zero-order chi connectivity index (χ0) is 19.8. The Balaban J connectivity index is 1.66. The summed E-state index contributed by atoms with van der Waals surface area (Å²) < 4.78 is 0. The second-order valence-corrected chi connectivity index (χ2v) is 11.5. The van der Waals surface area contributed by atoms with Gasteiger partial charge in [0, 0.05) is 23.9 Å². The van der Waals surface area contributed by atoms with Crippen molar-refractivity contribution in [1.82, 2.24) is 4.90 Å². The van der Waals surface area contributed by atoms with Crippen molar-refractivity contribution in [2.45, 2.75) is 97.6 Å². The third-order valence-corrected chi connectivity index (χ3v) is 9.34. The Bertz CT molecular complexity index is 653. The smallest absolute Gasteiger partial charge is 0.223 e. The fourth-order valence-corrected chi connectivity index (χ4v) is 8.19. The van der Waals surface area contributed by atoms with E-state index < -0.39 is 0 Å². The number of rotatable bonds is 1. The number of carbonyl (C=O) groups is 2. The molecule has 1 saturated heterocycles. The Morgan fingerprint density at radius 2 is 1.67 bits per heavy atom. The van der Waals surface area contributed by atoms with E-state index in [0.717, 1.165) is 32.1 Å². The summed E-state index contributed by atoms with van der Waals surface area (Å²) in [5, 5.41) is 0. The van der Waals surface area contributed by atoms with Gasteiger partial charge in [-0.05, 0) is 94.3 Å². The first-order chi connectivity index (χ1) is 12.5. The monoisotopic (exact) mass is 374 g/mol. The van der Waals surface area contributed by atoms with Crippen molar-refractivity contribution < 1.29 is 9.59 Å². The van der Waals surface area contributed by atoms with Gasteiger partial charge in [0.15, 0.2) is 0 Å². The molecule has 4 heteroatoms. The van der Waals surface area contributed by atoms with Gasteiger partial charge in [-0.3, -0.25) is 9.59 Å². The molecule has 2 amide bonds. The van der Waals surface area contributed by atoms with E-state index in [1.54, 1.807) is 0 Å². The maximum Gasteiger partial charge on any atom is 0.223 e. The number of nitrogens with zero attached hydrogens (tertiary/aromatic N) is 1. The van der Waals surface area contributed by atoms with Gasteiger partial charge in [-0.2, -0.15) is 0 Å². The van der Waals surface area contributed by atoms with Crippen LogP contribution in [-0.4, -0.2) is 28.3 Å². The van der Waals surface area contributed by atoms with E-state index in [0.29, 0.717) is 36.1 Å². The molecule has 4 rings (SSSR count). The maximum atomic E-state index is 12.8. The summed E-state index contributed by atoms with van der Waals surface area (Å²) in [6.07, 6.45) is 8.51. The van der Waals surface area contributed by atoms with E-state index in [-0.39, 0.29) is 28.2 Å². The zero-order valence-corrected chi connectivity index (χ0v) is 17.9. The average molecular weight is 375 g/mol. The van der Waals surface area contributed by atoms with Crippen LogP contribution in [0, 0.1) is 34.5 Å². The summed E-state index contributed by atoms with van der Waals surface area (Å²) >= 11 is 0. The quantitative estimate of drug-likeness (QED) is 0.750. The molecule has 0 unspecified atom stereocenters. The van der Waals surface area contributed by atoms with Crippen LogP contribution in [0.5, 0.6) is 0 Å². The normalized spacial score (nSPS) is 47.2. The van der Waals surface area contributed by atoms with Gasteiger partial charge in [0.05, 0.1) is 0 Å². The number of piperidine rings is 1. The molecule has 4 fully saturated rings. The number of hydrogen-bond acceptors (Lipinski definition) is 2. The Labute approximate surface area is 164 Å². The van der Waals surface area contributed by atoms with Gasteiger partial charge < -0.3 is 10.6 Å². The van der Waals surface area contributed by atoms with Crippen molar-refractivity contribution in [1.29, 1.82) is 0 Å². The predicted octanol–water partition coefficient (Wildman–Crippen LogP) is 4.12. The summed E-state index contributed by atoms with van der Waals surface area (Å²) in [5.41, 5.74) is 6.00. The number of amides is 2. The molecule has 2 N–H and O–H groups in total. The molecule has 0 radical (unpaired) electrons. The zero-order valence-electron chi connectivity index (χ0n) is 17.9. The van der Waals surface area contributed by atoms with Crippen molar-refractivity contribution in [3.8, 4) is 0 Å². The number of primary amides is 1. The highest BCUT2D eigenvalue weighted by Crippen LogP contribution is 2.66. The molecule has 152 valence electrons. The van der Waals surface area contributed by atoms with Crippen molar-refractivity contribution in [3.63, 3.8) is 0 Å². The number of fused-ring (bicyclic) bond motifs is 5. The molecule has 0 bridgehead atoms. The third kappa shape index (κ3) is 2.61. The standard InChI is InChI=1S/C23H38N2O2/c1-21(2,3)25-18-9-6-14-15-7-8-17(20(24)27)22(15,4)12-10-16(14)23(18,5)13-11-19(25)26/h14-18H,6-13H2,1-5H3,(H2,24,27)/t14-,15-,16-,17+,18+,22-,23+/m0/s1. The largest absolute Gasteiger partial charge is 0.369 e. The molecule has 0 aromatic carbocycles. The molecular weight excluding hydrogens is 336 g/mol. The van der Waals surface area contributed by atoms with Crippen LogP contribution in [0.25, 0.3) is 0 Å². The first-order valence-electron chi connectivity index (χ1n) is 11.1. The summed E-state index contributed by atoms with van der Waals surface area (Å²) in [6, 6.07) is 0.373. The summed E-state index contributed by atoms with van der Waals surface area (Å²) in [7, 11) is 0. The topological polar surface area (TPSA) is 63.4 Å². The van der Waals surface area contributed by atoms with E-state index in [4.69, 9.17) is 5.73 Å². The van der Waals surface area contributed by atoms with E-state index >= 15 is 0 Å². The van der Waals surface area contributed by atoms with Crippen molar-refractivity contribution in [3.05, 3.63) is 0 Å². The van der Waals surface area contributed by atoms with Crippen LogP contribution in [0.3, 0.4) is 0 Å². The van der Waals surface area contributed by atoms with E-state index in [9.17, 15) is 9.59 Å². The number of likely N-dealkylation sites (tertiary alicyclic amines) is 1. The SMILES string of the molecule is CC(C)(C)N1C(=O)CC[C@]2(C)[C@H]3CC[C@]4(C)[C@@H](C(N)=O)CC[C@H]4[C@@H]3CC[C@@H]12. The van der Waals surface area contributed by atoms with E-state index in [1.807, 2.05) is 0 Å². The summed E-state index contributed by atoms with van der Waals surface area (Å²) in [6.45, 7) is 11.4. The number of nitrogens with two attached hydrogens (primary N) is 1. The van der Waals surface area contributed by atoms with Gasteiger partial charge in [0.2, 0.25) is 11.8 Å². The molecular formula is C23H38N2O2. The molecule has 4 nitrogen and oxygen atoms in total. The second kappa shape index (κ2) is 5.97. The Kier molecular flexibility index (Phi) is 4.26. The van der Waals surface area contributed by atoms with Gasteiger partial charge in [-0.1, -0.05) is 13.8 Å². The highest BCUT2D eigenvalue weighted by molar-refractivity contribution is 5.79. The van der Waals surface area contributed by atoms with Crippen molar-refractivity contribution in [2.75, 3.05) is 0 Å². The molecule has 0 aromatic rings. The second-order valence-electron chi connectivity index (χ2n) is 11.5. The Morgan fingerprint density at radius 1 is 1.00 bits per heavy atom. The van der Waals surface area contributed by atoms with Gasteiger partial charge in [-0.25, -0.2) is 0 Å². The van der Waals surface area contributed by atoms with Crippen molar-refractivity contribution >= 4 is 11.8 Å². The van der Waals surface area contributed by atoms with Crippen LogP contribution in [-0.2, 0) is 9.59 Å². The highest BCUT2D eigenvalue weighted by atomic mass is 16.2. The first-order valence-corrected chi connectivity index (χ1v) is 11.1. The van der Waals surface area contributed by atoms with Gasteiger partial charge >= 0.3 is 0 Å². The van der Waals surface area contributed by atoms with Gasteiger partial charge in [0.25, 0.3) is 0 Å². The van der Waals surface area contributed by atoms with Crippen LogP contribution in [0.1, 0.15) is 86.0 Å². The number of hydrogen-bond donors (Lipinski definition) is 1. The van der Waals surface area contributed by atoms with E-state index in [2.05, 4.69) is 39.5 Å². The maximum absolute atomic E-state index is 12.8. The lowest BCUT2D eigenvalue weighted by atomic mass is 9.46. The summed E-state index contributed by atoms with van der Waals surface area (Å²) in [5.74, 6) is 2.34. The Morgan fingerprint density at radius 3 is 2.30 bits per heavy atom. The lowest BCUT2D eigenvalue weighted by Gasteiger charge is -2.63. The molecule has 4 aliphatic rings. The van der Waals surface area contributed by atoms with Crippen molar-refractivity contribution in [2.24, 2.45) is 40.2 Å². The number of carbonyl (C=O) groups excluding carboxylic acids is 2. The Hall–Kier alpha value is -1.06. The van der Waals surface area contributed by atoms with Gasteiger partial charge in [0.1, 0.15) is 0 Å². The minimum Gasteiger partial charge on any atom is -0.369 e.